The lowest BCUT2D eigenvalue weighted by molar-refractivity contribution is -0.110. The third-order valence-corrected chi connectivity index (χ3v) is 2.76. The summed E-state index contributed by atoms with van der Waals surface area (Å²) < 4.78 is 11.9. The minimum absolute atomic E-state index is 0.0530. The Balaban J connectivity index is 2.51. The molecule has 0 atom stereocenters. The van der Waals surface area contributed by atoms with E-state index in [9.17, 15) is 4.79 Å². The molecule has 17 heavy (non-hydrogen) atoms. The Hall–Kier alpha value is -1.65. The Morgan fingerprint density at radius 3 is 2.53 bits per heavy atom. The second-order valence-electron chi connectivity index (χ2n) is 3.74. The Bertz CT molecular complexity index is 558. The number of fused-ring (bicyclic) bond motifs is 1. The van der Waals surface area contributed by atoms with Gasteiger partial charge in [-0.05, 0) is 17.5 Å². The molecule has 0 N–H and O–H groups in total. The number of pyridine rings is 1. The lowest BCUT2D eigenvalue weighted by atomic mass is 10.2. The van der Waals surface area contributed by atoms with Crippen LogP contribution >= 0.6 is 0 Å². The van der Waals surface area contributed by atoms with Crippen molar-refractivity contribution in [2.45, 2.75) is 12.8 Å². The molecule has 4 nitrogen and oxygen atoms in total. The van der Waals surface area contributed by atoms with Crippen LogP contribution in [0.25, 0.3) is 10.9 Å². The first-order chi connectivity index (χ1) is 8.26. The fourth-order valence-electron chi connectivity index (χ4n) is 1.83. The maximum Gasteiger partial charge on any atom is 0.251 e. The van der Waals surface area contributed by atoms with Gasteiger partial charge in [-0.25, -0.2) is 0 Å². The molecule has 0 saturated heterocycles. The predicted octanol–water partition coefficient (Wildman–Crippen LogP) is 1.62. The van der Waals surface area contributed by atoms with Gasteiger partial charge < -0.3 is 14.0 Å². The van der Waals surface area contributed by atoms with Gasteiger partial charge in [0.1, 0.15) is 0 Å². The van der Waals surface area contributed by atoms with Crippen LogP contribution in [-0.4, -0.2) is 25.1 Å². The first-order valence-electron chi connectivity index (χ1n) is 5.40. The molecule has 0 amide bonds. The van der Waals surface area contributed by atoms with E-state index in [1.807, 2.05) is 30.3 Å². The molecule has 1 heterocycles. The highest BCUT2D eigenvalue weighted by atomic mass is 16.7. The third kappa shape index (κ3) is 2.38. The monoisotopic (exact) mass is 233 g/mol. The molecule has 0 aliphatic rings. The quantitative estimate of drug-likeness (QED) is 0.753. The number of methoxy groups -OCH3 is 2. The van der Waals surface area contributed by atoms with E-state index in [1.54, 1.807) is 24.9 Å². The van der Waals surface area contributed by atoms with Crippen LogP contribution in [0.1, 0.15) is 0 Å². The van der Waals surface area contributed by atoms with Crippen molar-refractivity contribution >= 4 is 10.9 Å². The van der Waals surface area contributed by atoms with Crippen molar-refractivity contribution in [3.8, 4) is 0 Å². The van der Waals surface area contributed by atoms with Crippen molar-refractivity contribution in [1.29, 1.82) is 0 Å². The first-order valence-corrected chi connectivity index (χ1v) is 5.40. The summed E-state index contributed by atoms with van der Waals surface area (Å²) in [7, 11) is 3.12. The number of hydrogen-bond donors (Lipinski definition) is 0. The molecule has 2 rings (SSSR count). The second-order valence-corrected chi connectivity index (χ2v) is 3.74. The molecule has 0 spiro atoms. The zero-order valence-electron chi connectivity index (χ0n) is 9.92. The van der Waals surface area contributed by atoms with Crippen molar-refractivity contribution in [3.05, 3.63) is 46.8 Å². The lowest BCUT2D eigenvalue weighted by Gasteiger charge is -2.16. The highest BCUT2D eigenvalue weighted by Crippen LogP contribution is 2.11. The maximum atomic E-state index is 11.9. The number of para-hydroxylation sites is 1. The van der Waals surface area contributed by atoms with Gasteiger partial charge in [-0.3, -0.25) is 4.79 Å². The molecular formula is C13H15NO3. The third-order valence-electron chi connectivity index (χ3n) is 2.76. The second kappa shape index (κ2) is 5.12. The summed E-state index contributed by atoms with van der Waals surface area (Å²) in [6.45, 7) is 0.382. The van der Waals surface area contributed by atoms with E-state index in [1.165, 1.54) is 0 Å². The summed E-state index contributed by atoms with van der Waals surface area (Å²) in [6, 6.07) is 11.1. The van der Waals surface area contributed by atoms with Crippen LogP contribution in [0.15, 0.2) is 41.2 Å². The van der Waals surface area contributed by atoms with E-state index < -0.39 is 6.29 Å². The van der Waals surface area contributed by atoms with Crippen molar-refractivity contribution in [3.63, 3.8) is 0 Å². The molecule has 0 aliphatic carbocycles. The van der Waals surface area contributed by atoms with E-state index >= 15 is 0 Å². The molecule has 0 radical (unpaired) electrons. The molecule has 1 aromatic carbocycles. The van der Waals surface area contributed by atoms with Crippen molar-refractivity contribution in [2.24, 2.45) is 0 Å². The maximum absolute atomic E-state index is 11.9. The largest absolute Gasteiger partial charge is 0.354 e. The summed E-state index contributed by atoms with van der Waals surface area (Å²) in [4.78, 5) is 11.9. The average Bonchev–Trinajstić information content (AvgIpc) is 2.38. The molecular weight excluding hydrogens is 218 g/mol. The normalized spacial score (nSPS) is 11.2. The standard InChI is InChI=1S/C13H15NO3/c1-16-13(17-2)9-14-11-6-4-3-5-10(11)7-8-12(14)15/h3-8,13H,9H2,1-2H3. The topological polar surface area (TPSA) is 40.5 Å². The fraction of sp³-hybridized carbons (Fsp3) is 0.308. The molecule has 0 aliphatic heterocycles. The Labute approximate surface area is 99.4 Å². The summed E-state index contributed by atoms with van der Waals surface area (Å²) in [6.07, 6.45) is -0.418. The van der Waals surface area contributed by atoms with Gasteiger partial charge in [-0.15, -0.1) is 0 Å². The molecule has 0 bridgehead atoms. The molecule has 4 heteroatoms. The molecule has 0 fully saturated rings. The molecule has 2 aromatic rings. The highest BCUT2D eigenvalue weighted by molar-refractivity contribution is 5.78. The smallest absolute Gasteiger partial charge is 0.251 e. The number of rotatable bonds is 4. The van der Waals surface area contributed by atoms with Gasteiger partial charge in [0.05, 0.1) is 12.1 Å². The van der Waals surface area contributed by atoms with Gasteiger partial charge in [0.25, 0.3) is 5.56 Å². The van der Waals surface area contributed by atoms with E-state index in [0.717, 1.165) is 10.9 Å². The van der Waals surface area contributed by atoms with Gasteiger partial charge in [-0.2, -0.15) is 0 Å². The van der Waals surface area contributed by atoms with Crippen molar-refractivity contribution < 1.29 is 9.47 Å². The molecule has 0 unspecified atom stereocenters. The van der Waals surface area contributed by atoms with Crippen LogP contribution < -0.4 is 5.56 Å². The number of ether oxygens (including phenoxy) is 2. The van der Waals surface area contributed by atoms with E-state index in [2.05, 4.69) is 0 Å². The number of benzene rings is 1. The predicted molar refractivity (Wildman–Crippen MR) is 66.0 cm³/mol. The first kappa shape index (κ1) is 11.8. The Morgan fingerprint density at radius 2 is 1.82 bits per heavy atom. The zero-order valence-corrected chi connectivity index (χ0v) is 9.92. The minimum Gasteiger partial charge on any atom is -0.354 e. The lowest BCUT2D eigenvalue weighted by Crippen LogP contribution is -2.28. The molecule has 1 aromatic heterocycles. The average molecular weight is 233 g/mol. The van der Waals surface area contributed by atoms with Crippen LogP contribution in [0.5, 0.6) is 0 Å². The van der Waals surface area contributed by atoms with Gasteiger partial charge in [-0.1, -0.05) is 18.2 Å². The molecule has 0 saturated carbocycles. The SMILES string of the molecule is COC(Cn1c(=O)ccc2ccccc21)OC. The van der Waals surface area contributed by atoms with E-state index in [-0.39, 0.29) is 5.56 Å². The van der Waals surface area contributed by atoms with E-state index in [0.29, 0.717) is 6.54 Å². The zero-order chi connectivity index (χ0) is 12.3. The number of aromatic nitrogens is 1. The summed E-state index contributed by atoms with van der Waals surface area (Å²) in [5.41, 5.74) is 0.835. The minimum atomic E-state index is -0.418. The van der Waals surface area contributed by atoms with Gasteiger partial charge in [0, 0.05) is 20.3 Å². The Kier molecular flexibility index (Phi) is 3.56. The molecule has 90 valence electrons. The van der Waals surface area contributed by atoms with Crippen molar-refractivity contribution in [2.75, 3.05) is 14.2 Å². The van der Waals surface area contributed by atoms with Crippen molar-refractivity contribution in [1.82, 2.24) is 4.57 Å². The number of nitrogens with zero attached hydrogens (tertiary/aromatic N) is 1. The Morgan fingerprint density at radius 1 is 1.12 bits per heavy atom. The van der Waals surface area contributed by atoms with Crippen LogP contribution in [0.4, 0.5) is 0 Å². The van der Waals surface area contributed by atoms with E-state index in [4.69, 9.17) is 9.47 Å². The highest BCUT2D eigenvalue weighted by Gasteiger charge is 2.09. The van der Waals surface area contributed by atoms with Crippen LogP contribution in [0.3, 0.4) is 0 Å². The number of hydrogen-bond acceptors (Lipinski definition) is 3. The summed E-state index contributed by atoms with van der Waals surface area (Å²) in [5, 5.41) is 1.03. The summed E-state index contributed by atoms with van der Waals surface area (Å²) in [5.74, 6) is 0. The van der Waals surface area contributed by atoms with Gasteiger partial charge in [0.2, 0.25) is 0 Å². The van der Waals surface area contributed by atoms with Crippen LogP contribution in [-0.2, 0) is 16.0 Å². The summed E-state index contributed by atoms with van der Waals surface area (Å²) >= 11 is 0. The van der Waals surface area contributed by atoms with Gasteiger partial charge >= 0.3 is 0 Å². The van der Waals surface area contributed by atoms with Crippen LogP contribution in [0.2, 0.25) is 0 Å². The fourth-order valence-corrected chi connectivity index (χ4v) is 1.83. The van der Waals surface area contributed by atoms with Crippen LogP contribution in [0, 0.1) is 0 Å². The van der Waals surface area contributed by atoms with Gasteiger partial charge in [0.15, 0.2) is 6.29 Å².